The third-order valence-electron chi connectivity index (χ3n) is 5.31. The minimum atomic E-state index is -0.353. The van der Waals surface area contributed by atoms with E-state index in [2.05, 4.69) is 27.2 Å². The van der Waals surface area contributed by atoms with E-state index in [1.807, 2.05) is 30.3 Å². The molecule has 1 aliphatic carbocycles. The first-order valence-corrected chi connectivity index (χ1v) is 9.41. The Labute approximate surface area is 162 Å². The van der Waals surface area contributed by atoms with Crippen LogP contribution >= 0.6 is 0 Å². The van der Waals surface area contributed by atoms with Gasteiger partial charge in [-0.2, -0.15) is 5.26 Å². The number of aliphatic imine (C=N–C) groups is 1. The zero-order chi connectivity index (χ0) is 19.1. The molecule has 140 valence electrons. The lowest BCUT2D eigenvalue weighted by Crippen LogP contribution is -2.15. The molecule has 2 aromatic carbocycles. The molecular formula is C21H19N5O2. The van der Waals surface area contributed by atoms with Crippen molar-refractivity contribution >= 4 is 17.5 Å². The van der Waals surface area contributed by atoms with Crippen LogP contribution in [0.15, 0.2) is 41.4 Å². The van der Waals surface area contributed by atoms with Crippen LogP contribution in [-0.4, -0.2) is 18.3 Å². The number of carbonyl (C=O) groups is 1. The standard InChI is InChI=1S/C21H19N5O2/c22-9-15-8-14(4-6-18(15)23-10-12-1-2-12)21-25-19(26-28-21)13-3-5-17-16(7-13)11-24-20(17)27/h3-8,12,19,23,26H,1-2,10-11H2,(H,24,27). The number of nitriles is 1. The maximum atomic E-state index is 11.7. The fourth-order valence-electron chi connectivity index (χ4n) is 3.48. The molecule has 3 aliphatic rings. The second-order valence-corrected chi connectivity index (χ2v) is 7.35. The van der Waals surface area contributed by atoms with Gasteiger partial charge in [0.15, 0.2) is 6.17 Å². The topological polar surface area (TPSA) is 98.5 Å². The smallest absolute Gasteiger partial charge is 0.251 e. The number of carbonyl (C=O) groups excluding carboxylic acids is 1. The molecule has 0 bridgehead atoms. The van der Waals surface area contributed by atoms with Crippen molar-refractivity contribution in [2.75, 3.05) is 11.9 Å². The number of nitrogens with one attached hydrogen (secondary N) is 3. The van der Waals surface area contributed by atoms with Crippen molar-refractivity contribution in [2.24, 2.45) is 10.9 Å². The predicted molar refractivity (Wildman–Crippen MR) is 103 cm³/mol. The average molecular weight is 373 g/mol. The third-order valence-corrected chi connectivity index (χ3v) is 5.31. The number of rotatable bonds is 5. The summed E-state index contributed by atoms with van der Waals surface area (Å²) in [7, 11) is 0. The lowest BCUT2D eigenvalue weighted by Gasteiger charge is -2.09. The summed E-state index contributed by atoms with van der Waals surface area (Å²) in [5.41, 5.74) is 7.69. The van der Waals surface area contributed by atoms with Crippen molar-refractivity contribution < 1.29 is 9.63 Å². The van der Waals surface area contributed by atoms with E-state index >= 15 is 0 Å². The predicted octanol–water partition coefficient (Wildman–Crippen LogP) is 2.60. The van der Waals surface area contributed by atoms with Gasteiger partial charge in [0, 0.05) is 24.2 Å². The Morgan fingerprint density at radius 2 is 2.14 bits per heavy atom. The van der Waals surface area contributed by atoms with Gasteiger partial charge < -0.3 is 15.5 Å². The molecule has 0 radical (unpaired) electrons. The Bertz CT molecular complexity index is 1040. The van der Waals surface area contributed by atoms with Crippen LogP contribution in [0.4, 0.5) is 5.69 Å². The summed E-state index contributed by atoms with van der Waals surface area (Å²) >= 11 is 0. The number of fused-ring (bicyclic) bond motifs is 1. The summed E-state index contributed by atoms with van der Waals surface area (Å²) in [6, 6.07) is 13.5. The molecular weight excluding hydrogens is 354 g/mol. The minimum absolute atomic E-state index is 0.0409. The van der Waals surface area contributed by atoms with Crippen LogP contribution in [0.2, 0.25) is 0 Å². The van der Waals surface area contributed by atoms with Gasteiger partial charge in [-0.05, 0) is 60.2 Å². The lowest BCUT2D eigenvalue weighted by atomic mass is 10.0. The molecule has 5 rings (SSSR count). The summed E-state index contributed by atoms with van der Waals surface area (Å²) in [5, 5.41) is 15.7. The molecule has 1 amide bonds. The number of amides is 1. The highest BCUT2D eigenvalue weighted by Crippen LogP contribution is 2.30. The van der Waals surface area contributed by atoms with E-state index in [9.17, 15) is 10.1 Å². The number of benzene rings is 2. The summed E-state index contributed by atoms with van der Waals surface area (Å²) in [5.74, 6) is 1.14. The molecule has 7 nitrogen and oxygen atoms in total. The largest absolute Gasteiger partial charge is 0.386 e. The first kappa shape index (κ1) is 16.8. The quantitative estimate of drug-likeness (QED) is 0.748. The normalized spacial score (nSPS) is 20.0. The molecule has 2 heterocycles. The Hall–Kier alpha value is -3.37. The van der Waals surface area contributed by atoms with Crippen LogP contribution in [0.25, 0.3) is 0 Å². The summed E-state index contributed by atoms with van der Waals surface area (Å²) in [6.07, 6.45) is 2.17. The van der Waals surface area contributed by atoms with Gasteiger partial charge in [-0.25, -0.2) is 4.99 Å². The molecule has 0 aromatic heterocycles. The van der Waals surface area contributed by atoms with Crippen molar-refractivity contribution in [3.05, 3.63) is 64.2 Å². The molecule has 1 unspecified atom stereocenters. The summed E-state index contributed by atoms with van der Waals surface area (Å²) in [4.78, 5) is 21.9. The van der Waals surface area contributed by atoms with E-state index in [0.29, 0.717) is 23.6 Å². The van der Waals surface area contributed by atoms with E-state index in [0.717, 1.165) is 34.8 Å². The number of anilines is 1. The van der Waals surface area contributed by atoms with Crippen LogP contribution in [0.3, 0.4) is 0 Å². The van der Waals surface area contributed by atoms with Gasteiger partial charge >= 0.3 is 0 Å². The SMILES string of the molecule is N#Cc1cc(C2=NC(c3ccc4c(c3)CNC4=O)NO2)ccc1NCC1CC1. The van der Waals surface area contributed by atoms with Gasteiger partial charge in [0.25, 0.3) is 5.91 Å². The van der Waals surface area contributed by atoms with E-state index in [1.54, 1.807) is 6.07 Å². The molecule has 0 saturated heterocycles. The van der Waals surface area contributed by atoms with Crippen LogP contribution in [-0.2, 0) is 11.4 Å². The van der Waals surface area contributed by atoms with Crippen LogP contribution in [0, 0.1) is 17.2 Å². The Morgan fingerprint density at radius 1 is 1.25 bits per heavy atom. The van der Waals surface area contributed by atoms with Gasteiger partial charge in [0.05, 0.1) is 11.3 Å². The van der Waals surface area contributed by atoms with Crippen LogP contribution in [0.1, 0.15) is 51.6 Å². The van der Waals surface area contributed by atoms with Crippen molar-refractivity contribution in [3.8, 4) is 6.07 Å². The average Bonchev–Trinajstić information content (AvgIpc) is 3.29. The van der Waals surface area contributed by atoms with Crippen molar-refractivity contribution in [3.63, 3.8) is 0 Å². The van der Waals surface area contributed by atoms with Crippen molar-refractivity contribution in [1.29, 1.82) is 5.26 Å². The van der Waals surface area contributed by atoms with Crippen LogP contribution in [0.5, 0.6) is 0 Å². The number of hydroxylamine groups is 1. The zero-order valence-electron chi connectivity index (χ0n) is 15.2. The van der Waals surface area contributed by atoms with Gasteiger partial charge in [-0.1, -0.05) is 6.07 Å². The van der Waals surface area contributed by atoms with E-state index in [4.69, 9.17) is 4.84 Å². The van der Waals surface area contributed by atoms with E-state index < -0.39 is 0 Å². The molecule has 2 aliphatic heterocycles. The highest BCUT2D eigenvalue weighted by molar-refractivity contribution is 5.98. The molecule has 3 N–H and O–H groups in total. The molecule has 0 spiro atoms. The highest BCUT2D eigenvalue weighted by atomic mass is 16.7. The molecule has 1 fully saturated rings. The number of nitrogens with zero attached hydrogens (tertiary/aromatic N) is 2. The van der Waals surface area contributed by atoms with Gasteiger partial charge in [-0.15, -0.1) is 5.48 Å². The summed E-state index contributed by atoms with van der Waals surface area (Å²) in [6.45, 7) is 1.44. The molecule has 28 heavy (non-hydrogen) atoms. The van der Waals surface area contributed by atoms with Crippen LogP contribution < -0.4 is 16.1 Å². The third kappa shape index (κ3) is 3.08. The highest BCUT2D eigenvalue weighted by Gasteiger charge is 2.26. The van der Waals surface area contributed by atoms with Crippen molar-refractivity contribution in [2.45, 2.75) is 25.6 Å². The Kier molecular flexibility index (Phi) is 3.99. The monoisotopic (exact) mass is 373 g/mol. The summed E-state index contributed by atoms with van der Waals surface area (Å²) < 4.78 is 0. The van der Waals surface area contributed by atoms with Gasteiger partial charge in [0.2, 0.25) is 5.90 Å². The Morgan fingerprint density at radius 3 is 2.96 bits per heavy atom. The second-order valence-electron chi connectivity index (χ2n) is 7.35. The molecule has 1 saturated carbocycles. The molecule has 2 aromatic rings. The minimum Gasteiger partial charge on any atom is -0.386 e. The number of hydrogen-bond donors (Lipinski definition) is 3. The fourth-order valence-corrected chi connectivity index (χ4v) is 3.48. The van der Waals surface area contributed by atoms with Gasteiger partial charge in [0.1, 0.15) is 6.07 Å². The maximum absolute atomic E-state index is 11.7. The number of hydrogen-bond acceptors (Lipinski definition) is 6. The first-order valence-electron chi connectivity index (χ1n) is 9.41. The second kappa shape index (κ2) is 6.66. The molecule has 7 heteroatoms. The van der Waals surface area contributed by atoms with E-state index in [-0.39, 0.29) is 12.1 Å². The fraction of sp³-hybridized carbons (Fsp3) is 0.286. The molecule has 1 atom stereocenters. The van der Waals surface area contributed by atoms with E-state index in [1.165, 1.54) is 12.8 Å². The van der Waals surface area contributed by atoms with Crippen molar-refractivity contribution in [1.82, 2.24) is 10.8 Å². The lowest BCUT2D eigenvalue weighted by molar-refractivity contribution is 0.0965. The first-order chi connectivity index (χ1) is 13.7. The maximum Gasteiger partial charge on any atom is 0.251 e. The van der Waals surface area contributed by atoms with Gasteiger partial charge in [-0.3, -0.25) is 4.79 Å². The zero-order valence-corrected chi connectivity index (χ0v) is 15.2. The Balaban J connectivity index is 1.37.